The molecule has 3 rings (SSSR count). The van der Waals surface area contributed by atoms with Gasteiger partial charge in [0.1, 0.15) is 5.82 Å². The fourth-order valence-corrected chi connectivity index (χ4v) is 2.45. The lowest BCUT2D eigenvalue weighted by Gasteiger charge is -2.03. The average Bonchev–Trinajstić information content (AvgIpc) is 2.96. The summed E-state index contributed by atoms with van der Waals surface area (Å²) >= 11 is 0. The molecule has 0 fully saturated rings. The number of H-pyrrole nitrogens is 1. The molecule has 4 nitrogen and oxygen atoms in total. The van der Waals surface area contributed by atoms with E-state index in [1.54, 1.807) is 0 Å². The van der Waals surface area contributed by atoms with Crippen molar-refractivity contribution in [2.45, 2.75) is 20.4 Å². The van der Waals surface area contributed by atoms with E-state index in [4.69, 9.17) is 0 Å². The van der Waals surface area contributed by atoms with Crippen molar-refractivity contribution < 1.29 is 4.79 Å². The van der Waals surface area contributed by atoms with E-state index in [1.165, 1.54) is 17.2 Å². The smallest absolute Gasteiger partial charge is 0.243 e. The number of imidazole rings is 1. The van der Waals surface area contributed by atoms with Crippen LogP contribution in [0.5, 0.6) is 0 Å². The number of amides is 1. The molecule has 0 bridgehead atoms. The van der Waals surface area contributed by atoms with Crippen LogP contribution in [0.25, 0.3) is 22.4 Å². The van der Waals surface area contributed by atoms with Crippen molar-refractivity contribution in [3.8, 4) is 11.4 Å². The Morgan fingerprint density at radius 2 is 1.91 bits per heavy atom. The van der Waals surface area contributed by atoms with Crippen molar-refractivity contribution in [1.29, 1.82) is 0 Å². The summed E-state index contributed by atoms with van der Waals surface area (Å²) < 4.78 is 0. The Balaban J connectivity index is 1.84. The van der Waals surface area contributed by atoms with Crippen LogP contribution in [0.3, 0.4) is 0 Å². The van der Waals surface area contributed by atoms with Gasteiger partial charge in [-0.15, -0.1) is 0 Å². The largest absolute Gasteiger partial charge is 0.348 e. The molecule has 0 atom stereocenters. The Morgan fingerprint density at radius 1 is 1.22 bits per heavy atom. The summed E-state index contributed by atoms with van der Waals surface area (Å²) in [6.07, 6.45) is 1.27. The highest BCUT2D eigenvalue weighted by molar-refractivity contribution is 5.86. The monoisotopic (exact) mass is 305 g/mol. The molecule has 1 amide bonds. The predicted octanol–water partition coefficient (Wildman–Crippen LogP) is 3.65. The molecule has 2 N–H and O–H groups in total. The summed E-state index contributed by atoms with van der Waals surface area (Å²) in [5, 5.41) is 2.76. The maximum absolute atomic E-state index is 11.2. The highest BCUT2D eigenvalue weighted by atomic mass is 16.1. The first kappa shape index (κ1) is 15.0. The Kier molecular flexibility index (Phi) is 3.98. The maximum atomic E-state index is 11.2. The van der Waals surface area contributed by atoms with Crippen LogP contribution < -0.4 is 5.32 Å². The van der Waals surface area contributed by atoms with Gasteiger partial charge in [0, 0.05) is 12.1 Å². The zero-order chi connectivity index (χ0) is 16.4. The van der Waals surface area contributed by atoms with Crippen molar-refractivity contribution in [3.05, 3.63) is 65.7 Å². The number of hydrogen-bond acceptors (Lipinski definition) is 2. The second kappa shape index (κ2) is 6.08. The van der Waals surface area contributed by atoms with Gasteiger partial charge in [-0.25, -0.2) is 4.98 Å². The van der Waals surface area contributed by atoms with Crippen molar-refractivity contribution in [2.75, 3.05) is 0 Å². The van der Waals surface area contributed by atoms with Crippen LogP contribution in [0, 0.1) is 13.8 Å². The third kappa shape index (κ3) is 3.16. The number of nitrogens with one attached hydrogen (secondary N) is 2. The van der Waals surface area contributed by atoms with Crippen LogP contribution in [0.1, 0.15) is 16.7 Å². The molecule has 0 saturated heterocycles. The fraction of sp³-hybridized carbons (Fsp3) is 0.158. The van der Waals surface area contributed by atoms with Gasteiger partial charge in [0.05, 0.1) is 11.0 Å². The van der Waals surface area contributed by atoms with Gasteiger partial charge >= 0.3 is 0 Å². The molecule has 4 heteroatoms. The van der Waals surface area contributed by atoms with Crippen molar-refractivity contribution in [3.63, 3.8) is 0 Å². The zero-order valence-electron chi connectivity index (χ0n) is 13.3. The maximum Gasteiger partial charge on any atom is 0.243 e. The van der Waals surface area contributed by atoms with E-state index < -0.39 is 0 Å². The predicted molar refractivity (Wildman–Crippen MR) is 93.0 cm³/mol. The highest BCUT2D eigenvalue weighted by Gasteiger charge is 2.07. The van der Waals surface area contributed by atoms with Gasteiger partial charge in [-0.05, 0) is 48.7 Å². The first-order valence-electron chi connectivity index (χ1n) is 7.53. The molecule has 0 spiro atoms. The van der Waals surface area contributed by atoms with E-state index >= 15 is 0 Å². The standard InChI is InChI=1S/C19H19N3O/c1-4-18(23)20-11-14-5-7-15(8-6-14)19-21-16-9-12(2)13(3)10-17(16)22-19/h4-10H,1,11H2,2-3H3,(H,20,23)(H,21,22). The van der Waals surface area contributed by atoms with Crippen LogP contribution in [0.4, 0.5) is 0 Å². The lowest BCUT2D eigenvalue weighted by Crippen LogP contribution is -2.19. The topological polar surface area (TPSA) is 57.8 Å². The molecule has 1 heterocycles. The fourth-order valence-electron chi connectivity index (χ4n) is 2.45. The van der Waals surface area contributed by atoms with E-state index in [1.807, 2.05) is 24.3 Å². The van der Waals surface area contributed by atoms with Gasteiger partial charge in [-0.1, -0.05) is 30.8 Å². The Bertz CT molecular complexity index is 837. The number of aromatic amines is 1. The van der Waals surface area contributed by atoms with Crippen molar-refractivity contribution in [2.24, 2.45) is 0 Å². The molecule has 0 unspecified atom stereocenters. The van der Waals surface area contributed by atoms with Crippen LogP contribution in [-0.4, -0.2) is 15.9 Å². The van der Waals surface area contributed by atoms with E-state index in [-0.39, 0.29) is 5.91 Å². The summed E-state index contributed by atoms with van der Waals surface area (Å²) in [5.41, 5.74) is 6.57. The molecule has 0 aliphatic rings. The quantitative estimate of drug-likeness (QED) is 0.723. The molecule has 0 aliphatic carbocycles. The lowest BCUT2D eigenvalue weighted by molar-refractivity contribution is -0.116. The minimum absolute atomic E-state index is 0.169. The molecule has 23 heavy (non-hydrogen) atoms. The number of aryl methyl sites for hydroxylation is 2. The van der Waals surface area contributed by atoms with Crippen LogP contribution >= 0.6 is 0 Å². The summed E-state index contributed by atoms with van der Waals surface area (Å²) in [4.78, 5) is 19.2. The number of aromatic nitrogens is 2. The third-order valence-electron chi connectivity index (χ3n) is 3.98. The Labute approximate surface area is 135 Å². The van der Waals surface area contributed by atoms with Gasteiger partial charge in [0.2, 0.25) is 5.91 Å². The summed E-state index contributed by atoms with van der Waals surface area (Å²) in [6.45, 7) is 8.12. The Morgan fingerprint density at radius 3 is 2.61 bits per heavy atom. The summed E-state index contributed by atoms with van der Waals surface area (Å²) in [6, 6.07) is 12.2. The van der Waals surface area contributed by atoms with Crippen molar-refractivity contribution in [1.82, 2.24) is 15.3 Å². The number of rotatable bonds is 4. The molecule has 0 aliphatic heterocycles. The van der Waals surface area contributed by atoms with E-state index in [0.29, 0.717) is 6.54 Å². The average molecular weight is 305 g/mol. The molecule has 2 aromatic carbocycles. The molecule has 0 saturated carbocycles. The Hall–Kier alpha value is -2.88. The van der Waals surface area contributed by atoms with E-state index in [9.17, 15) is 4.79 Å². The molecular formula is C19H19N3O. The van der Waals surface area contributed by atoms with Crippen molar-refractivity contribution >= 4 is 16.9 Å². The minimum atomic E-state index is -0.169. The van der Waals surface area contributed by atoms with Gasteiger partial charge in [-0.2, -0.15) is 0 Å². The van der Waals surface area contributed by atoms with Gasteiger partial charge in [-0.3, -0.25) is 4.79 Å². The molecule has 1 aromatic heterocycles. The van der Waals surface area contributed by atoms with Gasteiger partial charge in [0.25, 0.3) is 0 Å². The molecular weight excluding hydrogens is 286 g/mol. The number of carbonyl (C=O) groups is 1. The normalized spacial score (nSPS) is 10.7. The SMILES string of the molecule is C=CC(=O)NCc1ccc(-c2nc3cc(C)c(C)cc3[nH]2)cc1. The third-order valence-corrected chi connectivity index (χ3v) is 3.98. The molecule has 0 radical (unpaired) electrons. The van der Waals surface area contributed by atoms with E-state index in [2.05, 4.69) is 47.8 Å². The lowest BCUT2D eigenvalue weighted by atomic mass is 10.1. The highest BCUT2D eigenvalue weighted by Crippen LogP contribution is 2.23. The van der Waals surface area contributed by atoms with Gasteiger partial charge in [0.15, 0.2) is 0 Å². The number of benzene rings is 2. The first-order chi connectivity index (χ1) is 11.1. The van der Waals surface area contributed by atoms with E-state index in [0.717, 1.165) is 28.0 Å². The minimum Gasteiger partial charge on any atom is -0.348 e. The number of nitrogens with zero attached hydrogens (tertiary/aromatic N) is 1. The number of hydrogen-bond donors (Lipinski definition) is 2. The summed E-state index contributed by atoms with van der Waals surface area (Å²) in [7, 11) is 0. The zero-order valence-corrected chi connectivity index (χ0v) is 13.3. The summed E-state index contributed by atoms with van der Waals surface area (Å²) in [5.74, 6) is 0.684. The van der Waals surface area contributed by atoms with Crippen LogP contribution in [-0.2, 0) is 11.3 Å². The second-order valence-electron chi connectivity index (χ2n) is 5.66. The van der Waals surface area contributed by atoms with Crippen LogP contribution in [0.15, 0.2) is 49.1 Å². The van der Waals surface area contributed by atoms with Gasteiger partial charge < -0.3 is 10.3 Å². The first-order valence-corrected chi connectivity index (χ1v) is 7.53. The molecule has 3 aromatic rings. The molecule has 116 valence electrons. The second-order valence-corrected chi connectivity index (χ2v) is 5.66. The number of carbonyl (C=O) groups excluding carboxylic acids is 1. The van der Waals surface area contributed by atoms with Crippen LogP contribution in [0.2, 0.25) is 0 Å². The number of fused-ring (bicyclic) bond motifs is 1.